The van der Waals surface area contributed by atoms with Crippen molar-refractivity contribution in [2.75, 3.05) is 13.6 Å². The molecule has 1 heterocycles. The van der Waals surface area contributed by atoms with Gasteiger partial charge in [-0.2, -0.15) is 11.3 Å². The van der Waals surface area contributed by atoms with Crippen molar-refractivity contribution in [1.82, 2.24) is 10.6 Å². The molecule has 22 heavy (non-hydrogen) atoms. The summed E-state index contributed by atoms with van der Waals surface area (Å²) in [6, 6.07) is 5.72. The van der Waals surface area contributed by atoms with Crippen LogP contribution in [0.25, 0.3) is 0 Å². The summed E-state index contributed by atoms with van der Waals surface area (Å²) in [6.45, 7) is 3.07. The van der Waals surface area contributed by atoms with Gasteiger partial charge in [-0.3, -0.25) is 4.99 Å². The molecule has 0 amide bonds. The molecule has 1 aromatic carbocycles. The fourth-order valence-electron chi connectivity index (χ4n) is 2.06. The topological polar surface area (TPSA) is 36.4 Å². The van der Waals surface area contributed by atoms with Gasteiger partial charge in [0.2, 0.25) is 0 Å². The molecular weight excluding hydrogens is 304 g/mol. The smallest absolute Gasteiger partial charge is 0.191 e. The molecule has 0 radical (unpaired) electrons. The number of halogens is 2. The van der Waals surface area contributed by atoms with E-state index in [0.717, 1.165) is 6.07 Å². The van der Waals surface area contributed by atoms with E-state index >= 15 is 0 Å². The highest BCUT2D eigenvalue weighted by Gasteiger charge is 2.12. The van der Waals surface area contributed by atoms with Crippen molar-refractivity contribution >= 4 is 17.3 Å². The van der Waals surface area contributed by atoms with Gasteiger partial charge in [0.1, 0.15) is 11.6 Å². The Morgan fingerprint density at radius 1 is 1.27 bits per heavy atom. The van der Waals surface area contributed by atoms with Crippen molar-refractivity contribution < 1.29 is 8.78 Å². The van der Waals surface area contributed by atoms with E-state index < -0.39 is 11.6 Å². The highest BCUT2D eigenvalue weighted by Crippen LogP contribution is 2.19. The van der Waals surface area contributed by atoms with E-state index in [4.69, 9.17) is 0 Å². The molecule has 0 fully saturated rings. The first kappa shape index (κ1) is 16.4. The van der Waals surface area contributed by atoms with Crippen LogP contribution in [-0.2, 0) is 6.54 Å². The number of aliphatic imine (C=N–C) groups is 1. The van der Waals surface area contributed by atoms with Gasteiger partial charge in [-0.1, -0.05) is 13.0 Å². The van der Waals surface area contributed by atoms with E-state index in [1.165, 1.54) is 17.7 Å². The highest BCUT2D eigenvalue weighted by atomic mass is 32.1. The van der Waals surface area contributed by atoms with E-state index in [2.05, 4.69) is 21.0 Å². The zero-order valence-corrected chi connectivity index (χ0v) is 13.4. The molecule has 0 aliphatic heterocycles. The molecule has 0 saturated carbocycles. The Morgan fingerprint density at radius 2 is 2.09 bits per heavy atom. The van der Waals surface area contributed by atoms with E-state index in [-0.39, 0.29) is 5.92 Å². The second-order valence-corrected chi connectivity index (χ2v) is 5.79. The largest absolute Gasteiger partial charge is 0.356 e. The quantitative estimate of drug-likeness (QED) is 0.653. The van der Waals surface area contributed by atoms with Crippen LogP contribution >= 0.6 is 11.3 Å². The molecule has 0 saturated heterocycles. The minimum absolute atomic E-state index is 0.0969. The summed E-state index contributed by atoms with van der Waals surface area (Å²) in [5, 5.41) is 10.4. The second kappa shape index (κ2) is 7.89. The Morgan fingerprint density at radius 3 is 2.73 bits per heavy atom. The van der Waals surface area contributed by atoms with Crippen LogP contribution in [-0.4, -0.2) is 19.6 Å². The third kappa shape index (κ3) is 4.53. The maximum Gasteiger partial charge on any atom is 0.191 e. The number of thiophene rings is 1. The Labute approximate surface area is 133 Å². The molecule has 2 N–H and O–H groups in total. The van der Waals surface area contributed by atoms with Crippen molar-refractivity contribution in [3.8, 4) is 0 Å². The first-order chi connectivity index (χ1) is 10.6. The summed E-state index contributed by atoms with van der Waals surface area (Å²) in [6.07, 6.45) is 0. The van der Waals surface area contributed by atoms with Crippen LogP contribution in [0.15, 0.2) is 40.0 Å². The van der Waals surface area contributed by atoms with Gasteiger partial charge in [0.15, 0.2) is 5.96 Å². The van der Waals surface area contributed by atoms with E-state index in [0.29, 0.717) is 24.6 Å². The van der Waals surface area contributed by atoms with Crippen molar-refractivity contribution in [3.05, 3.63) is 57.8 Å². The standard InChI is InChI=1S/C16H19F2N3S/c1-11(14-4-3-13(17)7-15(14)18)8-20-16(19-2)21-9-12-5-6-22-10-12/h3-7,10-11H,8-9H2,1-2H3,(H2,19,20,21). The predicted molar refractivity (Wildman–Crippen MR) is 87.3 cm³/mol. The van der Waals surface area contributed by atoms with Crippen molar-refractivity contribution in [2.45, 2.75) is 19.4 Å². The normalized spacial score (nSPS) is 13.0. The fraction of sp³-hybridized carbons (Fsp3) is 0.312. The monoisotopic (exact) mass is 323 g/mol. The lowest BCUT2D eigenvalue weighted by atomic mass is 10.0. The molecule has 3 nitrogen and oxygen atoms in total. The van der Waals surface area contributed by atoms with Gasteiger partial charge in [0, 0.05) is 32.1 Å². The van der Waals surface area contributed by atoms with Crippen LogP contribution < -0.4 is 10.6 Å². The number of nitrogens with zero attached hydrogens (tertiary/aromatic N) is 1. The van der Waals surface area contributed by atoms with Crippen molar-refractivity contribution in [1.29, 1.82) is 0 Å². The van der Waals surface area contributed by atoms with Gasteiger partial charge < -0.3 is 10.6 Å². The maximum atomic E-state index is 13.7. The van der Waals surface area contributed by atoms with Gasteiger partial charge >= 0.3 is 0 Å². The number of benzene rings is 1. The number of hydrogen-bond acceptors (Lipinski definition) is 2. The minimum atomic E-state index is -0.561. The lowest BCUT2D eigenvalue weighted by Crippen LogP contribution is -2.38. The summed E-state index contributed by atoms with van der Waals surface area (Å²) in [7, 11) is 1.69. The molecule has 1 aromatic heterocycles. The SMILES string of the molecule is CN=C(NCc1ccsc1)NCC(C)c1ccc(F)cc1F. The van der Waals surface area contributed by atoms with Gasteiger partial charge in [-0.05, 0) is 34.0 Å². The first-order valence-corrected chi connectivity index (χ1v) is 7.95. The van der Waals surface area contributed by atoms with Crippen LogP contribution in [0.4, 0.5) is 8.78 Å². The molecule has 0 aliphatic rings. The lowest BCUT2D eigenvalue weighted by Gasteiger charge is -2.16. The molecule has 0 aliphatic carbocycles. The second-order valence-electron chi connectivity index (χ2n) is 5.01. The first-order valence-electron chi connectivity index (χ1n) is 7.00. The lowest BCUT2D eigenvalue weighted by molar-refractivity contribution is 0.556. The molecule has 0 bridgehead atoms. The van der Waals surface area contributed by atoms with Crippen LogP contribution in [0.1, 0.15) is 24.0 Å². The highest BCUT2D eigenvalue weighted by molar-refractivity contribution is 7.07. The van der Waals surface area contributed by atoms with E-state index in [9.17, 15) is 8.78 Å². The number of rotatable bonds is 5. The van der Waals surface area contributed by atoms with Crippen LogP contribution in [0.2, 0.25) is 0 Å². The number of hydrogen-bond donors (Lipinski definition) is 2. The van der Waals surface area contributed by atoms with Crippen LogP contribution in [0.3, 0.4) is 0 Å². The molecule has 0 spiro atoms. The minimum Gasteiger partial charge on any atom is -0.356 e. The molecule has 2 rings (SSSR count). The fourth-order valence-corrected chi connectivity index (χ4v) is 2.73. The maximum absolute atomic E-state index is 13.7. The van der Waals surface area contributed by atoms with E-state index in [1.807, 2.05) is 18.4 Å². The summed E-state index contributed by atoms with van der Waals surface area (Å²) in [5.74, 6) is -0.522. The Balaban J connectivity index is 1.87. The zero-order chi connectivity index (χ0) is 15.9. The summed E-state index contributed by atoms with van der Waals surface area (Å²) < 4.78 is 26.7. The van der Waals surface area contributed by atoms with Gasteiger partial charge in [-0.15, -0.1) is 0 Å². The summed E-state index contributed by atoms with van der Waals surface area (Å²) >= 11 is 1.64. The number of guanidine groups is 1. The Kier molecular flexibility index (Phi) is 5.89. The predicted octanol–water partition coefficient (Wildman–Crippen LogP) is 3.50. The van der Waals surface area contributed by atoms with Crippen LogP contribution in [0.5, 0.6) is 0 Å². The van der Waals surface area contributed by atoms with E-state index in [1.54, 1.807) is 18.4 Å². The van der Waals surface area contributed by atoms with Crippen LogP contribution in [0, 0.1) is 11.6 Å². The molecule has 118 valence electrons. The third-order valence-electron chi connectivity index (χ3n) is 3.33. The van der Waals surface area contributed by atoms with Crippen molar-refractivity contribution in [2.24, 2.45) is 4.99 Å². The third-order valence-corrected chi connectivity index (χ3v) is 4.06. The molecule has 1 unspecified atom stereocenters. The van der Waals surface area contributed by atoms with Gasteiger partial charge in [0.05, 0.1) is 0 Å². The molecule has 1 atom stereocenters. The summed E-state index contributed by atoms with van der Waals surface area (Å²) in [4.78, 5) is 4.13. The average molecular weight is 323 g/mol. The Bertz CT molecular complexity index is 626. The Hall–Kier alpha value is -1.95. The van der Waals surface area contributed by atoms with Gasteiger partial charge in [-0.25, -0.2) is 8.78 Å². The van der Waals surface area contributed by atoms with Crippen molar-refractivity contribution in [3.63, 3.8) is 0 Å². The molecular formula is C16H19F2N3S. The zero-order valence-electron chi connectivity index (χ0n) is 12.6. The summed E-state index contributed by atoms with van der Waals surface area (Å²) in [5.41, 5.74) is 1.67. The number of nitrogens with one attached hydrogen (secondary N) is 2. The van der Waals surface area contributed by atoms with Gasteiger partial charge in [0.25, 0.3) is 0 Å². The molecule has 2 aromatic rings. The average Bonchev–Trinajstić information content (AvgIpc) is 3.00. The molecule has 6 heteroatoms.